The molecule has 5 heterocycles. The van der Waals surface area contributed by atoms with Crippen molar-refractivity contribution in [2.45, 2.75) is 63.1 Å². The number of aromatic nitrogens is 1. The molecule has 3 aliphatic rings. The van der Waals surface area contributed by atoms with E-state index in [1.807, 2.05) is 12.3 Å². The summed E-state index contributed by atoms with van der Waals surface area (Å²) in [7, 11) is 0. The third-order valence-corrected chi connectivity index (χ3v) is 6.93. The number of hydrogen-bond acceptors (Lipinski definition) is 5. The van der Waals surface area contributed by atoms with Crippen LogP contribution in [0.5, 0.6) is 0 Å². The lowest BCUT2D eigenvalue weighted by molar-refractivity contribution is 0.000273. The molecular weight excluding hydrogens is 350 g/mol. The van der Waals surface area contributed by atoms with Crippen molar-refractivity contribution in [2.24, 2.45) is 0 Å². The van der Waals surface area contributed by atoms with E-state index in [1.54, 1.807) is 0 Å². The Kier molecular flexibility index (Phi) is 5.12. The highest BCUT2D eigenvalue weighted by Crippen LogP contribution is 2.40. The van der Waals surface area contributed by atoms with E-state index < -0.39 is 0 Å². The number of pyridine rings is 1. The summed E-state index contributed by atoms with van der Waals surface area (Å²) in [4.78, 5) is 9.66. The van der Waals surface area contributed by atoms with Crippen LogP contribution in [0, 0.1) is 0 Å². The molecule has 0 aromatic carbocycles. The van der Waals surface area contributed by atoms with Gasteiger partial charge in [-0.05, 0) is 75.8 Å². The molecule has 0 radical (unpaired) electrons. The third kappa shape index (κ3) is 3.58. The van der Waals surface area contributed by atoms with E-state index in [2.05, 4.69) is 39.0 Å². The van der Waals surface area contributed by atoms with Crippen LogP contribution in [0.15, 0.2) is 40.9 Å². The largest absolute Gasteiger partial charge is 0.462 e. The molecule has 1 atom stereocenters. The molecule has 2 aromatic heterocycles. The first-order valence-corrected chi connectivity index (χ1v) is 10.9. The topological polar surface area (TPSA) is 41.7 Å². The first-order valence-electron chi connectivity index (χ1n) is 10.9. The second-order valence-electron chi connectivity index (χ2n) is 8.58. The standard InChI is InChI=1S/C23H31N3O2/c1-3-13-24-22(7-1)25-15-11-23(12-16-25)10-5-14-26(23)18-19-8-9-21(28-19)20-6-2-4-17-27-20/h1,3,7-9,13,20H,2,4-6,10-12,14-18H2/t20-/m1/s1. The molecular formula is C23H31N3O2. The Morgan fingerprint density at radius 3 is 2.71 bits per heavy atom. The molecule has 0 unspecified atom stereocenters. The van der Waals surface area contributed by atoms with Gasteiger partial charge in [0.05, 0.1) is 6.54 Å². The fourth-order valence-corrected chi connectivity index (χ4v) is 5.31. The van der Waals surface area contributed by atoms with Crippen molar-refractivity contribution in [3.05, 3.63) is 48.0 Å². The molecule has 0 N–H and O–H groups in total. The van der Waals surface area contributed by atoms with E-state index in [4.69, 9.17) is 9.15 Å². The molecule has 0 aliphatic carbocycles. The van der Waals surface area contributed by atoms with Gasteiger partial charge in [0.15, 0.2) is 0 Å². The summed E-state index contributed by atoms with van der Waals surface area (Å²) in [6.07, 6.45) is 10.6. The molecule has 0 amide bonds. The second kappa shape index (κ2) is 7.88. The molecule has 5 nitrogen and oxygen atoms in total. The Morgan fingerprint density at radius 1 is 1.00 bits per heavy atom. The van der Waals surface area contributed by atoms with Gasteiger partial charge < -0.3 is 14.1 Å². The molecule has 3 aliphatic heterocycles. The average molecular weight is 382 g/mol. The lowest BCUT2D eigenvalue weighted by Gasteiger charge is -2.45. The number of furan rings is 1. The van der Waals surface area contributed by atoms with E-state index in [0.717, 1.165) is 50.0 Å². The van der Waals surface area contributed by atoms with Crippen molar-refractivity contribution < 1.29 is 9.15 Å². The van der Waals surface area contributed by atoms with Crippen molar-refractivity contribution in [2.75, 3.05) is 31.1 Å². The van der Waals surface area contributed by atoms with Gasteiger partial charge in [0.1, 0.15) is 23.4 Å². The van der Waals surface area contributed by atoms with E-state index >= 15 is 0 Å². The SMILES string of the molecule is c1ccc(N2CCC3(CCCN3Cc3ccc([C@H]4CCCCO4)o3)CC2)nc1. The fourth-order valence-electron chi connectivity index (χ4n) is 5.31. The van der Waals surface area contributed by atoms with Gasteiger partial charge in [-0.1, -0.05) is 6.07 Å². The Hall–Kier alpha value is -1.85. The molecule has 28 heavy (non-hydrogen) atoms. The van der Waals surface area contributed by atoms with E-state index in [9.17, 15) is 0 Å². The van der Waals surface area contributed by atoms with Gasteiger partial charge >= 0.3 is 0 Å². The zero-order valence-electron chi connectivity index (χ0n) is 16.7. The van der Waals surface area contributed by atoms with Gasteiger partial charge in [-0.25, -0.2) is 4.98 Å². The van der Waals surface area contributed by atoms with E-state index in [0.29, 0.717) is 5.54 Å². The minimum atomic E-state index is 0.164. The maximum absolute atomic E-state index is 6.22. The van der Waals surface area contributed by atoms with Crippen LogP contribution >= 0.6 is 0 Å². The van der Waals surface area contributed by atoms with Gasteiger partial charge in [-0.3, -0.25) is 4.90 Å². The highest BCUT2D eigenvalue weighted by atomic mass is 16.5. The number of rotatable bonds is 4. The summed E-state index contributed by atoms with van der Waals surface area (Å²) in [5, 5.41) is 0. The maximum atomic E-state index is 6.22. The van der Waals surface area contributed by atoms with Gasteiger partial charge in [0, 0.05) is 31.4 Å². The molecule has 1 spiro atoms. The lowest BCUT2D eigenvalue weighted by Crippen LogP contribution is -2.52. The third-order valence-electron chi connectivity index (χ3n) is 6.93. The molecule has 0 bridgehead atoms. The molecule has 3 saturated heterocycles. The van der Waals surface area contributed by atoms with Crippen molar-refractivity contribution in [3.63, 3.8) is 0 Å². The summed E-state index contributed by atoms with van der Waals surface area (Å²) in [5.41, 5.74) is 0.333. The number of likely N-dealkylation sites (tertiary alicyclic amines) is 1. The molecule has 150 valence electrons. The highest BCUT2D eigenvalue weighted by molar-refractivity contribution is 5.38. The number of piperidine rings is 1. The molecule has 5 heteroatoms. The first kappa shape index (κ1) is 18.2. The summed E-state index contributed by atoms with van der Waals surface area (Å²) < 4.78 is 12.1. The smallest absolute Gasteiger partial charge is 0.133 e. The molecule has 0 saturated carbocycles. The van der Waals surface area contributed by atoms with Gasteiger partial charge in [-0.2, -0.15) is 0 Å². The quantitative estimate of drug-likeness (QED) is 0.777. The van der Waals surface area contributed by atoms with E-state index in [-0.39, 0.29) is 6.10 Å². The molecule has 2 aromatic rings. The predicted molar refractivity (Wildman–Crippen MR) is 109 cm³/mol. The van der Waals surface area contributed by atoms with Crippen LogP contribution in [0.3, 0.4) is 0 Å². The van der Waals surface area contributed by atoms with Crippen LogP contribution in [0.25, 0.3) is 0 Å². The number of anilines is 1. The zero-order chi connectivity index (χ0) is 18.8. The fraction of sp³-hybridized carbons (Fsp3) is 0.609. The summed E-state index contributed by atoms with van der Waals surface area (Å²) in [6.45, 7) is 5.15. The Labute approximate surface area is 167 Å². The minimum absolute atomic E-state index is 0.164. The van der Waals surface area contributed by atoms with Crippen LogP contribution in [0.4, 0.5) is 5.82 Å². The summed E-state index contributed by atoms with van der Waals surface area (Å²) in [6, 6.07) is 10.5. The summed E-state index contributed by atoms with van der Waals surface area (Å²) in [5.74, 6) is 3.23. The Balaban J connectivity index is 1.23. The molecule has 3 fully saturated rings. The van der Waals surface area contributed by atoms with Crippen molar-refractivity contribution in [1.82, 2.24) is 9.88 Å². The zero-order valence-corrected chi connectivity index (χ0v) is 16.7. The monoisotopic (exact) mass is 381 g/mol. The Morgan fingerprint density at radius 2 is 1.93 bits per heavy atom. The van der Waals surface area contributed by atoms with Gasteiger partial charge in [0.25, 0.3) is 0 Å². The predicted octanol–water partition coefficient (Wildman–Crippen LogP) is 4.55. The van der Waals surface area contributed by atoms with Crippen molar-refractivity contribution in [1.29, 1.82) is 0 Å². The second-order valence-corrected chi connectivity index (χ2v) is 8.58. The first-order chi connectivity index (χ1) is 13.8. The number of hydrogen-bond donors (Lipinski definition) is 0. The van der Waals surface area contributed by atoms with Gasteiger partial charge in [0.2, 0.25) is 0 Å². The lowest BCUT2D eigenvalue weighted by atomic mass is 9.85. The maximum Gasteiger partial charge on any atom is 0.133 e. The van der Waals surface area contributed by atoms with Crippen LogP contribution in [-0.2, 0) is 11.3 Å². The van der Waals surface area contributed by atoms with Crippen LogP contribution in [0.2, 0.25) is 0 Å². The van der Waals surface area contributed by atoms with Gasteiger partial charge in [-0.15, -0.1) is 0 Å². The van der Waals surface area contributed by atoms with Crippen molar-refractivity contribution in [3.8, 4) is 0 Å². The normalized spacial score (nSPS) is 25.4. The van der Waals surface area contributed by atoms with Crippen LogP contribution < -0.4 is 4.90 Å². The van der Waals surface area contributed by atoms with Crippen molar-refractivity contribution >= 4 is 5.82 Å². The highest BCUT2D eigenvalue weighted by Gasteiger charge is 2.43. The number of nitrogens with zero attached hydrogens (tertiary/aromatic N) is 3. The average Bonchev–Trinajstić information content (AvgIpc) is 3.38. The minimum Gasteiger partial charge on any atom is -0.462 e. The van der Waals surface area contributed by atoms with Crippen LogP contribution in [-0.4, -0.2) is 41.7 Å². The molecule has 5 rings (SSSR count). The van der Waals surface area contributed by atoms with E-state index in [1.165, 1.54) is 45.1 Å². The summed E-state index contributed by atoms with van der Waals surface area (Å²) >= 11 is 0. The number of ether oxygens (including phenoxy) is 1. The Bertz CT molecular complexity index is 761. The van der Waals surface area contributed by atoms with Crippen LogP contribution in [0.1, 0.15) is 62.6 Å².